The van der Waals surface area contributed by atoms with Gasteiger partial charge in [-0.2, -0.15) is 0 Å². The van der Waals surface area contributed by atoms with E-state index in [0.29, 0.717) is 5.92 Å². The highest BCUT2D eigenvalue weighted by Crippen LogP contribution is 2.41. The van der Waals surface area contributed by atoms with Crippen LogP contribution in [-0.2, 0) is 0 Å². The summed E-state index contributed by atoms with van der Waals surface area (Å²) in [5.41, 5.74) is 1.49. The van der Waals surface area contributed by atoms with Crippen molar-refractivity contribution in [2.45, 2.75) is 58.5 Å². The predicted molar refractivity (Wildman–Crippen MR) is 90.0 cm³/mol. The van der Waals surface area contributed by atoms with Crippen LogP contribution < -0.4 is 10.1 Å². The molecule has 1 saturated carbocycles. The number of rotatable bonds is 6. The molecule has 1 aliphatic rings. The van der Waals surface area contributed by atoms with Crippen molar-refractivity contribution in [1.29, 1.82) is 0 Å². The highest BCUT2D eigenvalue weighted by atomic mass is 16.5. The Kier molecular flexibility index (Phi) is 6.10. The first-order valence-electron chi connectivity index (χ1n) is 8.55. The average Bonchev–Trinajstić information content (AvgIpc) is 2.48. The Hall–Kier alpha value is -1.02. The van der Waals surface area contributed by atoms with E-state index in [2.05, 4.69) is 57.4 Å². The van der Waals surface area contributed by atoms with Gasteiger partial charge in [0.1, 0.15) is 5.75 Å². The fraction of sp³-hybridized carbons (Fsp3) is 0.684. The molecule has 0 amide bonds. The lowest BCUT2D eigenvalue weighted by Gasteiger charge is -2.36. The van der Waals surface area contributed by atoms with Crippen LogP contribution in [0.2, 0.25) is 0 Å². The van der Waals surface area contributed by atoms with Crippen molar-refractivity contribution in [3.63, 3.8) is 0 Å². The lowest BCUT2D eigenvalue weighted by atomic mass is 9.70. The fourth-order valence-corrected chi connectivity index (χ4v) is 3.67. The van der Waals surface area contributed by atoms with Crippen molar-refractivity contribution in [2.75, 3.05) is 13.6 Å². The summed E-state index contributed by atoms with van der Waals surface area (Å²) < 4.78 is 5.76. The van der Waals surface area contributed by atoms with Crippen molar-refractivity contribution >= 4 is 0 Å². The lowest BCUT2D eigenvalue weighted by molar-refractivity contribution is 0.227. The molecule has 0 heterocycles. The molecule has 118 valence electrons. The first-order valence-corrected chi connectivity index (χ1v) is 8.55. The van der Waals surface area contributed by atoms with Gasteiger partial charge < -0.3 is 10.1 Å². The van der Waals surface area contributed by atoms with E-state index in [1.165, 1.54) is 31.2 Å². The molecule has 2 nitrogen and oxygen atoms in total. The highest BCUT2D eigenvalue weighted by molar-refractivity contribution is 5.30. The van der Waals surface area contributed by atoms with Gasteiger partial charge in [-0.25, -0.2) is 0 Å². The van der Waals surface area contributed by atoms with Crippen LogP contribution in [0.3, 0.4) is 0 Å². The molecule has 21 heavy (non-hydrogen) atoms. The third-order valence-corrected chi connectivity index (χ3v) is 4.83. The molecule has 1 aliphatic carbocycles. The quantitative estimate of drug-likeness (QED) is 0.826. The first-order chi connectivity index (χ1) is 10.1. The van der Waals surface area contributed by atoms with Crippen molar-refractivity contribution in [3.05, 3.63) is 29.8 Å². The Morgan fingerprint density at radius 2 is 1.90 bits per heavy atom. The third kappa shape index (κ3) is 4.47. The SMILES string of the molecule is CCC1CCC(CNC)C(c2ccc(OC(C)C)cc2)C1. The van der Waals surface area contributed by atoms with E-state index in [1.54, 1.807) is 0 Å². The van der Waals surface area contributed by atoms with Gasteiger partial charge in [-0.15, -0.1) is 0 Å². The summed E-state index contributed by atoms with van der Waals surface area (Å²) in [5.74, 6) is 3.36. The Labute approximate surface area is 130 Å². The minimum Gasteiger partial charge on any atom is -0.491 e. The molecule has 1 fully saturated rings. The van der Waals surface area contributed by atoms with Crippen molar-refractivity contribution in [1.82, 2.24) is 5.32 Å². The Morgan fingerprint density at radius 1 is 1.19 bits per heavy atom. The van der Waals surface area contributed by atoms with Gasteiger partial charge in [0.05, 0.1) is 6.10 Å². The average molecular weight is 289 g/mol. The summed E-state index contributed by atoms with van der Waals surface area (Å²) in [6, 6.07) is 8.84. The third-order valence-electron chi connectivity index (χ3n) is 4.83. The molecule has 0 spiro atoms. The largest absolute Gasteiger partial charge is 0.491 e. The summed E-state index contributed by atoms with van der Waals surface area (Å²) in [6.45, 7) is 7.61. The van der Waals surface area contributed by atoms with Crippen LogP contribution in [0.4, 0.5) is 0 Å². The number of benzene rings is 1. The van der Waals surface area contributed by atoms with Gasteiger partial charge in [-0.3, -0.25) is 0 Å². The molecule has 1 N–H and O–H groups in total. The molecule has 0 radical (unpaired) electrons. The zero-order valence-electron chi connectivity index (χ0n) is 14.1. The van der Waals surface area contributed by atoms with Crippen LogP contribution in [0.5, 0.6) is 5.75 Å². The van der Waals surface area contributed by atoms with Gasteiger partial charge in [0.25, 0.3) is 0 Å². The van der Waals surface area contributed by atoms with E-state index < -0.39 is 0 Å². The smallest absolute Gasteiger partial charge is 0.119 e. The monoisotopic (exact) mass is 289 g/mol. The summed E-state index contributed by atoms with van der Waals surface area (Å²) in [6.07, 6.45) is 5.65. The van der Waals surface area contributed by atoms with Crippen molar-refractivity contribution in [3.8, 4) is 5.75 Å². The predicted octanol–water partition coefficient (Wildman–Crippen LogP) is 4.60. The molecule has 0 aromatic heterocycles. The zero-order valence-corrected chi connectivity index (χ0v) is 14.1. The van der Waals surface area contributed by atoms with Gasteiger partial charge in [-0.1, -0.05) is 31.9 Å². The van der Waals surface area contributed by atoms with Gasteiger partial charge in [0.15, 0.2) is 0 Å². The molecule has 2 rings (SSSR count). The van der Waals surface area contributed by atoms with Crippen molar-refractivity contribution < 1.29 is 4.74 Å². The van der Waals surface area contributed by atoms with Gasteiger partial charge in [0, 0.05) is 0 Å². The van der Waals surface area contributed by atoms with E-state index in [9.17, 15) is 0 Å². The number of hydrogen-bond acceptors (Lipinski definition) is 2. The molecule has 0 aliphatic heterocycles. The topological polar surface area (TPSA) is 21.3 Å². The maximum absolute atomic E-state index is 5.76. The summed E-state index contributed by atoms with van der Waals surface area (Å²) in [7, 11) is 2.07. The minimum atomic E-state index is 0.243. The standard InChI is InChI=1S/C19H31NO/c1-5-15-6-7-17(13-20-4)19(12-15)16-8-10-18(11-9-16)21-14(2)3/h8-11,14-15,17,19-20H,5-7,12-13H2,1-4H3. The second kappa shape index (κ2) is 7.84. The maximum Gasteiger partial charge on any atom is 0.119 e. The maximum atomic E-state index is 5.76. The number of ether oxygens (including phenoxy) is 1. The van der Waals surface area contributed by atoms with Gasteiger partial charge in [0.2, 0.25) is 0 Å². The fourth-order valence-electron chi connectivity index (χ4n) is 3.67. The molecule has 3 unspecified atom stereocenters. The second-order valence-electron chi connectivity index (χ2n) is 6.75. The normalized spacial score (nSPS) is 26.0. The van der Waals surface area contributed by atoms with Crippen LogP contribution in [0.1, 0.15) is 57.9 Å². The molecule has 0 bridgehead atoms. The number of nitrogens with one attached hydrogen (secondary N) is 1. The molecular formula is C19H31NO. The Morgan fingerprint density at radius 3 is 2.48 bits per heavy atom. The van der Waals surface area contributed by atoms with E-state index in [4.69, 9.17) is 4.74 Å². The molecular weight excluding hydrogens is 258 g/mol. The van der Waals surface area contributed by atoms with E-state index in [0.717, 1.165) is 24.1 Å². The van der Waals surface area contributed by atoms with Gasteiger partial charge >= 0.3 is 0 Å². The molecule has 1 aromatic rings. The second-order valence-corrected chi connectivity index (χ2v) is 6.75. The van der Waals surface area contributed by atoms with Crippen LogP contribution >= 0.6 is 0 Å². The minimum absolute atomic E-state index is 0.243. The molecule has 0 saturated heterocycles. The Bertz CT molecular complexity index is 412. The van der Waals surface area contributed by atoms with Crippen LogP contribution in [-0.4, -0.2) is 19.7 Å². The molecule has 1 aromatic carbocycles. The molecule has 3 atom stereocenters. The van der Waals surface area contributed by atoms with Crippen LogP contribution in [0.15, 0.2) is 24.3 Å². The highest BCUT2D eigenvalue weighted by Gasteiger charge is 2.30. The van der Waals surface area contributed by atoms with Gasteiger partial charge in [-0.05, 0) is 75.7 Å². The summed E-state index contributed by atoms with van der Waals surface area (Å²) in [4.78, 5) is 0. The van der Waals surface area contributed by atoms with Crippen LogP contribution in [0, 0.1) is 11.8 Å². The summed E-state index contributed by atoms with van der Waals surface area (Å²) >= 11 is 0. The first kappa shape index (κ1) is 16.4. The lowest BCUT2D eigenvalue weighted by Crippen LogP contribution is -2.30. The van der Waals surface area contributed by atoms with E-state index in [-0.39, 0.29) is 6.10 Å². The Balaban J connectivity index is 2.11. The molecule has 2 heteroatoms. The summed E-state index contributed by atoms with van der Waals surface area (Å²) in [5, 5.41) is 3.38. The van der Waals surface area contributed by atoms with E-state index in [1.807, 2.05) is 0 Å². The van der Waals surface area contributed by atoms with Crippen molar-refractivity contribution in [2.24, 2.45) is 11.8 Å². The zero-order chi connectivity index (χ0) is 15.2. The van der Waals surface area contributed by atoms with E-state index >= 15 is 0 Å². The van der Waals surface area contributed by atoms with Crippen LogP contribution in [0.25, 0.3) is 0 Å². The number of hydrogen-bond donors (Lipinski definition) is 1.